The Kier molecular flexibility index (Phi) is 6.63. The molecule has 156 valence electrons. The zero-order valence-corrected chi connectivity index (χ0v) is 16.5. The van der Waals surface area contributed by atoms with Crippen LogP contribution in [0.4, 0.5) is 5.69 Å². The lowest BCUT2D eigenvalue weighted by molar-refractivity contribution is -0.116. The minimum Gasteiger partial charge on any atom is -0.505 e. The van der Waals surface area contributed by atoms with Crippen LogP contribution < -0.4 is 10.1 Å². The SMILES string of the molecule is CCOc1ccc(-c2noc(CCC(=O)Nc3cccc(C(=O)OC)c3O)n2)cc1. The first-order chi connectivity index (χ1) is 14.5. The fraction of sp³-hybridized carbons (Fsp3) is 0.238. The highest BCUT2D eigenvalue weighted by atomic mass is 16.5. The maximum absolute atomic E-state index is 12.2. The van der Waals surface area contributed by atoms with Crippen molar-refractivity contribution in [2.75, 3.05) is 19.0 Å². The van der Waals surface area contributed by atoms with Gasteiger partial charge in [0.2, 0.25) is 17.6 Å². The Hall–Kier alpha value is -3.88. The largest absolute Gasteiger partial charge is 0.505 e. The summed E-state index contributed by atoms with van der Waals surface area (Å²) in [6.07, 6.45) is 0.264. The number of aromatic hydroxyl groups is 1. The molecule has 1 aromatic heterocycles. The molecule has 0 atom stereocenters. The van der Waals surface area contributed by atoms with Crippen molar-refractivity contribution in [1.82, 2.24) is 10.1 Å². The number of phenolic OH excluding ortho intramolecular Hbond substituents is 1. The number of carbonyl (C=O) groups is 2. The van der Waals surface area contributed by atoms with Crippen LogP contribution in [0.15, 0.2) is 47.0 Å². The van der Waals surface area contributed by atoms with E-state index in [9.17, 15) is 14.7 Å². The van der Waals surface area contributed by atoms with Crippen molar-refractivity contribution in [3.63, 3.8) is 0 Å². The highest BCUT2D eigenvalue weighted by Gasteiger charge is 2.17. The summed E-state index contributed by atoms with van der Waals surface area (Å²) in [5.74, 6) is 0.0392. The van der Waals surface area contributed by atoms with Crippen LogP contribution in [-0.2, 0) is 16.0 Å². The molecular formula is C21H21N3O6. The van der Waals surface area contributed by atoms with Gasteiger partial charge in [0.1, 0.15) is 11.3 Å². The molecule has 2 aromatic carbocycles. The van der Waals surface area contributed by atoms with Gasteiger partial charge in [-0.05, 0) is 43.3 Å². The smallest absolute Gasteiger partial charge is 0.341 e. The third kappa shape index (κ3) is 4.93. The summed E-state index contributed by atoms with van der Waals surface area (Å²) >= 11 is 0. The number of carbonyl (C=O) groups excluding carboxylic acids is 2. The van der Waals surface area contributed by atoms with Gasteiger partial charge in [-0.25, -0.2) is 4.79 Å². The number of para-hydroxylation sites is 1. The molecule has 30 heavy (non-hydrogen) atoms. The number of amides is 1. The number of aromatic nitrogens is 2. The van der Waals surface area contributed by atoms with E-state index in [0.717, 1.165) is 11.3 Å². The van der Waals surface area contributed by atoms with E-state index in [-0.39, 0.29) is 35.7 Å². The van der Waals surface area contributed by atoms with Crippen LogP contribution in [0.2, 0.25) is 0 Å². The number of phenols is 1. The van der Waals surface area contributed by atoms with Gasteiger partial charge in [0.05, 0.1) is 19.4 Å². The summed E-state index contributed by atoms with van der Waals surface area (Å²) < 4.78 is 15.2. The average molecular weight is 411 g/mol. The lowest BCUT2D eigenvalue weighted by atomic mass is 10.1. The third-order valence-corrected chi connectivity index (χ3v) is 4.17. The van der Waals surface area contributed by atoms with Crippen molar-refractivity contribution in [3.05, 3.63) is 53.9 Å². The second-order valence-corrected chi connectivity index (χ2v) is 6.21. The molecule has 2 N–H and O–H groups in total. The Balaban J connectivity index is 1.59. The molecule has 0 saturated heterocycles. The van der Waals surface area contributed by atoms with E-state index in [4.69, 9.17) is 9.26 Å². The summed E-state index contributed by atoms with van der Waals surface area (Å²) in [6.45, 7) is 2.49. The zero-order chi connectivity index (χ0) is 21.5. The second-order valence-electron chi connectivity index (χ2n) is 6.21. The lowest BCUT2D eigenvalue weighted by Gasteiger charge is -2.09. The molecule has 0 unspecified atom stereocenters. The lowest BCUT2D eigenvalue weighted by Crippen LogP contribution is -2.13. The van der Waals surface area contributed by atoms with Crippen molar-refractivity contribution in [3.8, 4) is 22.9 Å². The van der Waals surface area contributed by atoms with Gasteiger partial charge in [-0.1, -0.05) is 11.2 Å². The van der Waals surface area contributed by atoms with Crippen LogP contribution in [0.25, 0.3) is 11.4 Å². The number of rotatable bonds is 8. The predicted molar refractivity (Wildman–Crippen MR) is 107 cm³/mol. The van der Waals surface area contributed by atoms with Crippen LogP contribution in [0, 0.1) is 0 Å². The summed E-state index contributed by atoms with van der Waals surface area (Å²) in [7, 11) is 1.21. The predicted octanol–water partition coefficient (Wildman–Crippen LogP) is 3.20. The van der Waals surface area contributed by atoms with E-state index in [1.54, 1.807) is 0 Å². The Bertz CT molecular complexity index is 1030. The highest BCUT2D eigenvalue weighted by molar-refractivity contribution is 5.98. The summed E-state index contributed by atoms with van der Waals surface area (Å²) in [5.41, 5.74) is 0.846. The topological polar surface area (TPSA) is 124 Å². The van der Waals surface area contributed by atoms with E-state index >= 15 is 0 Å². The van der Waals surface area contributed by atoms with Crippen LogP contribution in [0.3, 0.4) is 0 Å². The first-order valence-electron chi connectivity index (χ1n) is 9.27. The molecule has 1 amide bonds. The number of hydrogen-bond donors (Lipinski definition) is 2. The summed E-state index contributed by atoms with van der Waals surface area (Å²) in [6, 6.07) is 11.7. The molecule has 1 heterocycles. The standard InChI is InChI=1S/C21H21N3O6/c1-3-29-14-9-7-13(8-10-14)20-23-18(30-24-20)12-11-17(25)22-16-6-4-5-15(19(16)26)21(27)28-2/h4-10,26H,3,11-12H2,1-2H3,(H,22,25). The molecule has 3 aromatic rings. The molecule has 0 fully saturated rings. The maximum atomic E-state index is 12.2. The molecule has 0 radical (unpaired) electrons. The number of benzene rings is 2. The normalized spacial score (nSPS) is 10.5. The summed E-state index contributed by atoms with van der Waals surface area (Å²) in [5, 5.41) is 16.6. The minimum absolute atomic E-state index is 0.0350. The number of esters is 1. The number of aryl methyl sites for hydroxylation is 1. The molecule has 3 rings (SSSR count). The molecule has 0 bridgehead atoms. The molecule has 0 aliphatic rings. The molecule has 0 aliphatic carbocycles. The number of anilines is 1. The Labute approximate surface area is 172 Å². The molecule has 9 heteroatoms. The van der Waals surface area contributed by atoms with E-state index in [1.807, 2.05) is 31.2 Å². The summed E-state index contributed by atoms with van der Waals surface area (Å²) in [4.78, 5) is 28.1. The average Bonchev–Trinajstić information content (AvgIpc) is 3.23. The molecular weight excluding hydrogens is 390 g/mol. The van der Waals surface area contributed by atoms with Crippen molar-refractivity contribution in [1.29, 1.82) is 0 Å². The number of hydrogen-bond acceptors (Lipinski definition) is 8. The Morgan fingerprint density at radius 3 is 2.63 bits per heavy atom. The third-order valence-electron chi connectivity index (χ3n) is 4.17. The number of nitrogens with zero attached hydrogens (tertiary/aromatic N) is 2. The molecule has 0 saturated carbocycles. The van der Waals surface area contributed by atoms with Crippen molar-refractivity contribution >= 4 is 17.6 Å². The zero-order valence-electron chi connectivity index (χ0n) is 16.5. The van der Waals surface area contributed by atoms with Crippen molar-refractivity contribution in [2.24, 2.45) is 0 Å². The fourth-order valence-corrected chi connectivity index (χ4v) is 2.69. The van der Waals surface area contributed by atoms with Gasteiger partial charge < -0.3 is 24.4 Å². The minimum atomic E-state index is -0.698. The van der Waals surface area contributed by atoms with Gasteiger partial charge in [-0.3, -0.25) is 4.79 Å². The Morgan fingerprint density at radius 1 is 1.17 bits per heavy atom. The van der Waals surface area contributed by atoms with E-state index in [1.165, 1.54) is 25.3 Å². The van der Waals surface area contributed by atoms with Crippen LogP contribution >= 0.6 is 0 Å². The maximum Gasteiger partial charge on any atom is 0.341 e. The van der Waals surface area contributed by atoms with Crippen LogP contribution in [-0.4, -0.2) is 40.8 Å². The quantitative estimate of drug-likeness (QED) is 0.428. The van der Waals surface area contributed by atoms with E-state index in [2.05, 4.69) is 20.2 Å². The Morgan fingerprint density at radius 2 is 1.93 bits per heavy atom. The first kappa shape index (κ1) is 20.8. The highest BCUT2D eigenvalue weighted by Crippen LogP contribution is 2.28. The molecule has 0 aliphatic heterocycles. The monoisotopic (exact) mass is 411 g/mol. The number of methoxy groups -OCH3 is 1. The van der Waals surface area contributed by atoms with Gasteiger partial charge in [0, 0.05) is 18.4 Å². The molecule has 9 nitrogen and oxygen atoms in total. The van der Waals surface area contributed by atoms with E-state index < -0.39 is 5.97 Å². The van der Waals surface area contributed by atoms with Gasteiger partial charge in [0.15, 0.2) is 5.75 Å². The van der Waals surface area contributed by atoms with Crippen molar-refractivity contribution < 1.29 is 28.7 Å². The first-order valence-corrected chi connectivity index (χ1v) is 9.27. The van der Waals surface area contributed by atoms with Crippen LogP contribution in [0.1, 0.15) is 29.6 Å². The molecule has 0 spiro atoms. The number of nitrogens with one attached hydrogen (secondary N) is 1. The van der Waals surface area contributed by atoms with Gasteiger partial charge >= 0.3 is 5.97 Å². The fourth-order valence-electron chi connectivity index (χ4n) is 2.69. The van der Waals surface area contributed by atoms with Crippen molar-refractivity contribution in [2.45, 2.75) is 19.8 Å². The van der Waals surface area contributed by atoms with Gasteiger partial charge in [-0.15, -0.1) is 0 Å². The number of ether oxygens (including phenoxy) is 2. The van der Waals surface area contributed by atoms with Gasteiger partial charge in [0.25, 0.3) is 0 Å². The van der Waals surface area contributed by atoms with E-state index in [0.29, 0.717) is 18.3 Å². The second kappa shape index (κ2) is 9.55. The van der Waals surface area contributed by atoms with Crippen LogP contribution in [0.5, 0.6) is 11.5 Å². The van der Waals surface area contributed by atoms with Gasteiger partial charge in [-0.2, -0.15) is 4.98 Å².